The van der Waals surface area contributed by atoms with Crippen LogP contribution in [-0.2, 0) is 0 Å². The van der Waals surface area contributed by atoms with E-state index < -0.39 is 41.4 Å². The fourth-order valence-electron chi connectivity index (χ4n) is 4.55. The highest BCUT2D eigenvalue weighted by molar-refractivity contribution is 5.95. The quantitative estimate of drug-likeness (QED) is 0.569. The second-order valence-electron chi connectivity index (χ2n) is 9.99. The summed E-state index contributed by atoms with van der Waals surface area (Å²) in [5.41, 5.74) is -1.26. The number of hydrogen-bond acceptors (Lipinski definition) is 3. The van der Waals surface area contributed by atoms with Gasteiger partial charge in [0, 0.05) is 17.7 Å². The predicted molar refractivity (Wildman–Crippen MR) is 111 cm³/mol. The number of nitrogens with one attached hydrogen (secondary N) is 1. The summed E-state index contributed by atoms with van der Waals surface area (Å²) in [5.74, 6) is -1.39. The molecule has 2 unspecified atom stereocenters. The molecular weight excluding hydrogens is 431 g/mol. The number of nitrogens with zero attached hydrogens (tertiary/aromatic N) is 1. The van der Waals surface area contributed by atoms with Gasteiger partial charge in [-0.05, 0) is 77.3 Å². The van der Waals surface area contributed by atoms with Crippen LogP contribution in [0, 0.1) is 29.4 Å². The molecule has 0 bridgehead atoms. The van der Waals surface area contributed by atoms with Crippen LogP contribution in [0.1, 0.15) is 56.8 Å². The van der Waals surface area contributed by atoms with E-state index in [1.54, 1.807) is 20.8 Å². The van der Waals surface area contributed by atoms with Crippen LogP contribution >= 0.6 is 0 Å². The number of piperidine rings is 1. The topological polar surface area (TPSA) is 41.6 Å². The van der Waals surface area contributed by atoms with Crippen molar-refractivity contribution in [2.75, 3.05) is 26.2 Å². The third-order valence-corrected chi connectivity index (χ3v) is 6.11. The van der Waals surface area contributed by atoms with Crippen molar-refractivity contribution >= 4 is 5.91 Å². The second-order valence-corrected chi connectivity index (χ2v) is 9.99. The summed E-state index contributed by atoms with van der Waals surface area (Å²) in [6.07, 6.45) is -0.871. The number of hydrogen-bond donors (Lipinski definition) is 1. The number of amides is 1. The van der Waals surface area contributed by atoms with Gasteiger partial charge in [0.25, 0.3) is 5.91 Å². The van der Waals surface area contributed by atoms with E-state index in [1.165, 1.54) is 4.90 Å². The van der Waals surface area contributed by atoms with Crippen LogP contribution in [0.3, 0.4) is 0 Å². The largest absolute Gasteiger partial charge is 0.493 e. The number of carbonyl (C=O) groups is 1. The SMILES string of the molecule is CC(C)(C)NC(=O)c1c(F)cc(OCCC2CC2C2CCN(CC(F)(F)F)CC2)cc1F. The first-order valence-electron chi connectivity index (χ1n) is 11.1. The molecule has 2 aliphatic rings. The van der Waals surface area contributed by atoms with Crippen LogP contribution < -0.4 is 10.1 Å². The van der Waals surface area contributed by atoms with Crippen LogP contribution in [0.5, 0.6) is 5.75 Å². The van der Waals surface area contributed by atoms with Crippen molar-refractivity contribution in [3.05, 3.63) is 29.3 Å². The fraction of sp³-hybridized carbons (Fsp3) is 0.696. The zero-order valence-electron chi connectivity index (χ0n) is 18.7. The van der Waals surface area contributed by atoms with E-state index in [9.17, 15) is 26.7 Å². The van der Waals surface area contributed by atoms with E-state index in [1.807, 2.05) is 0 Å². The Bertz CT molecular complexity index is 791. The Labute approximate surface area is 185 Å². The molecule has 2 atom stereocenters. The number of carbonyl (C=O) groups excluding carboxylic acids is 1. The van der Waals surface area contributed by atoms with Gasteiger partial charge < -0.3 is 10.1 Å². The molecule has 1 aromatic carbocycles. The van der Waals surface area contributed by atoms with E-state index in [-0.39, 0.29) is 5.75 Å². The predicted octanol–water partition coefficient (Wildman–Crippen LogP) is 5.17. The first-order valence-corrected chi connectivity index (χ1v) is 11.1. The van der Waals surface area contributed by atoms with Crippen molar-refractivity contribution in [1.29, 1.82) is 0 Å². The van der Waals surface area contributed by atoms with Crippen LogP contribution in [0.25, 0.3) is 0 Å². The molecule has 2 fully saturated rings. The van der Waals surface area contributed by atoms with Crippen molar-refractivity contribution in [1.82, 2.24) is 10.2 Å². The Hall–Kier alpha value is -1.90. The summed E-state index contributed by atoms with van der Waals surface area (Å²) in [6.45, 7) is 5.54. The summed E-state index contributed by atoms with van der Waals surface area (Å²) >= 11 is 0. The van der Waals surface area contributed by atoms with Gasteiger partial charge in [-0.3, -0.25) is 9.69 Å². The Morgan fingerprint density at radius 2 is 1.72 bits per heavy atom. The Morgan fingerprint density at radius 1 is 1.12 bits per heavy atom. The molecule has 3 rings (SSSR count). The highest BCUT2D eigenvalue weighted by atomic mass is 19.4. The number of ether oxygens (including phenoxy) is 1. The molecule has 0 aromatic heterocycles. The van der Waals surface area contributed by atoms with Gasteiger partial charge in [-0.15, -0.1) is 0 Å². The average Bonchev–Trinajstić information content (AvgIpc) is 3.38. The van der Waals surface area contributed by atoms with Gasteiger partial charge in [0.05, 0.1) is 13.2 Å². The van der Waals surface area contributed by atoms with Crippen molar-refractivity contribution in [3.63, 3.8) is 0 Å². The van der Waals surface area contributed by atoms with Gasteiger partial charge in [0.2, 0.25) is 0 Å². The Morgan fingerprint density at radius 3 is 2.25 bits per heavy atom. The maximum absolute atomic E-state index is 14.3. The van der Waals surface area contributed by atoms with E-state index in [0.29, 0.717) is 37.5 Å². The summed E-state index contributed by atoms with van der Waals surface area (Å²) in [5, 5.41) is 2.53. The number of alkyl halides is 3. The molecule has 180 valence electrons. The van der Waals surface area contributed by atoms with Crippen LogP contribution in [0.15, 0.2) is 12.1 Å². The smallest absolute Gasteiger partial charge is 0.401 e. The van der Waals surface area contributed by atoms with Gasteiger partial charge in [-0.2, -0.15) is 13.2 Å². The van der Waals surface area contributed by atoms with E-state index >= 15 is 0 Å². The average molecular weight is 463 g/mol. The minimum atomic E-state index is -4.15. The molecule has 4 nitrogen and oxygen atoms in total. The summed E-state index contributed by atoms with van der Waals surface area (Å²) in [4.78, 5) is 13.6. The Kier molecular flexibility index (Phi) is 7.37. The molecule has 1 saturated heterocycles. The first kappa shape index (κ1) is 24.7. The maximum Gasteiger partial charge on any atom is 0.401 e. The molecule has 1 aliphatic heterocycles. The minimum absolute atomic E-state index is 0.0324. The maximum atomic E-state index is 14.3. The number of rotatable bonds is 7. The summed E-state index contributed by atoms with van der Waals surface area (Å²) < 4.78 is 71.7. The number of benzene rings is 1. The zero-order valence-corrected chi connectivity index (χ0v) is 18.7. The monoisotopic (exact) mass is 462 g/mol. The molecule has 1 heterocycles. The van der Waals surface area contributed by atoms with Crippen LogP contribution in [0.4, 0.5) is 22.0 Å². The molecule has 1 N–H and O–H groups in total. The van der Waals surface area contributed by atoms with E-state index in [4.69, 9.17) is 4.74 Å². The molecular formula is C23H31F5N2O2. The molecule has 32 heavy (non-hydrogen) atoms. The van der Waals surface area contributed by atoms with Gasteiger partial charge in [0.15, 0.2) is 0 Å². The summed E-state index contributed by atoms with van der Waals surface area (Å²) in [6, 6.07) is 2.03. The lowest BCUT2D eigenvalue weighted by molar-refractivity contribution is -0.148. The van der Waals surface area contributed by atoms with Crippen LogP contribution in [0.2, 0.25) is 0 Å². The van der Waals surface area contributed by atoms with Crippen molar-refractivity contribution in [2.24, 2.45) is 17.8 Å². The fourth-order valence-corrected chi connectivity index (χ4v) is 4.55. The highest BCUT2D eigenvalue weighted by Gasteiger charge is 2.44. The van der Waals surface area contributed by atoms with Gasteiger partial charge >= 0.3 is 6.18 Å². The normalized spacial score (nSPS) is 22.6. The molecule has 0 spiro atoms. The van der Waals surface area contributed by atoms with Gasteiger partial charge in [-0.25, -0.2) is 8.78 Å². The highest BCUT2D eigenvalue weighted by Crippen LogP contribution is 2.49. The lowest BCUT2D eigenvalue weighted by Gasteiger charge is -2.32. The molecule has 9 heteroatoms. The second kappa shape index (κ2) is 9.53. The van der Waals surface area contributed by atoms with E-state index in [0.717, 1.165) is 37.8 Å². The standard InChI is InChI=1S/C23H31F5N2O2/c1-22(2,3)29-21(31)20-18(24)11-16(12-19(20)25)32-9-6-15-10-17(15)14-4-7-30(8-5-14)13-23(26,27)28/h11-12,14-15,17H,4-10,13H2,1-3H3,(H,29,31). The van der Waals surface area contributed by atoms with Gasteiger partial charge in [0.1, 0.15) is 22.9 Å². The number of halogens is 5. The van der Waals surface area contributed by atoms with Gasteiger partial charge in [-0.1, -0.05) is 0 Å². The Balaban J connectivity index is 1.43. The van der Waals surface area contributed by atoms with Crippen LogP contribution in [-0.4, -0.2) is 48.8 Å². The lowest BCUT2D eigenvalue weighted by atomic mass is 9.90. The molecule has 0 radical (unpaired) electrons. The van der Waals surface area contributed by atoms with Crippen molar-refractivity contribution in [2.45, 2.75) is 58.2 Å². The summed E-state index contributed by atoms with van der Waals surface area (Å²) in [7, 11) is 0. The zero-order chi connectivity index (χ0) is 23.7. The molecule has 1 aliphatic carbocycles. The third kappa shape index (κ3) is 7.05. The van der Waals surface area contributed by atoms with E-state index in [2.05, 4.69) is 5.32 Å². The minimum Gasteiger partial charge on any atom is -0.493 e. The van der Waals surface area contributed by atoms with Crippen molar-refractivity contribution in [3.8, 4) is 5.75 Å². The van der Waals surface area contributed by atoms with Crippen molar-refractivity contribution < 1.29 is 31.5 Å². The first-order chi connectivity index (χ1) is 14.8. The lowest BCUT2D eigenvalue weighted by Crippen LogP contribution is -2.41. The third-order valence-electron chi connectivity index (χ3n) is 6.11. The molecule has 1 aromatic rings. The number of likely N-dealkylation sites (tertiary alicyclic amines) is 1. The molecule has 1 amide bonds. The molecule has 1 saturated carbocycles.